The first-order valence-corrected chi connectivity index (χ1v) is 12.0. The van der Waals surface area contributed by atoms with E-state index in [9.17, 15) is 0 Å². The standard InChI is InChI=1S/C27H55/c1-14-17-23(27(11,12)13)25(20(6)15-2)21(7)24(19(4)5)22(16-3)18-26(8,9)10/h14,19-25H,15-18H2,1-13H3/q+1. The zero-order chi connectivity index (χ0) is 21.6. The summed E-state index contributed by atoms with van der Waals surface area (Å²) in [4.78, 5) is 0. The number of hydrogen-bond acceptors (Lipinski definition) is 0. The van der Waals surface area contributed by atoms with Gasteiger partial charge in [-0.05, 0) is 52.8 Å². The van der Waals surface area contributed by atoms with Gasteiger partial charge in [-0.15, -0.1) is 0 Å². The summed E-state index contributed by atoms with van der Waals surface area (Å²) >= 11 is 0. The monoisotopic (exact) mass is 379 g/mol. The van der Waals surface area contributed by atoms with Gasteiger partial charge < -0.3 is 0 Å². The molecule has 0 spiro atoms. The molecule has 0 radical (unpaired) electrons. The third kappa shape index (κ3) is 8.41. The first-order valence-electron chi connectivity index (χ1n) is 12.0. The summed E-state index contributed by atoms with van der Waals surface area (Å²) in [7, 11) is 0. The maximum absolute atomic E-state index is 2.61. The van der Waals surface area contributed by atoms with Gasteiger partial charge in [-0.2, -0.15) is 0 Å². The van der Waals surface area contributed by atoms with Crippen LogP contribution in [0.3, 0.4) is 0 Å². The molecule has 0 N–H and O–H groups in total. The normalized spacial score (nSPS) is 20.1. The molecule has 0 rings (SSSR count). The van der Waals surface area contributed by atoms with E-state index in [2.05, 4.69) is 96.4 Å². The molecule has 0 aliphatic heterocycles. The van der Waals surface area contributed by atoms with Crippen LogP contribution in [0.2, 0.25) is 0 Å². The predicted octanol–water partition coefficient (Wildman–Crippen LogP) is 9.30. The molecule has 0 heteroatoms. The lowest BCUT2D eigenvalue weighted by molar-refractivity contribution is 0.00668. The Balaban J connectivity index is 6.03. The van der Waals surface area contributed by atoms with Gasteiger partial charge in [0.2, 0.25) is 0 Å². The molecule has 0 heterocycles. The van der Waals surface area contributed by atoms with Crippen molar-refractivity contribution in [2.75, 3.05) is 0 Å². The van der Waals surface area contributed by atoms with Crippen molar-refractivity contribution in [2.24, 2.45) is 52.3 Å². The van der Waals surface area contributed by atoms with E-state index >= 15 is 0 Å². The van der Waals surface area contributed by atoms with Gasteiger partial charge in [0.05, 0.1) is 19.8 Å². The zero-order valence-electron chi connectivity index (χ0n) is 21.4. The second-order valence-electron chi connectivity index (χ2n) is 12.2. The largest absolute Gasteiger partial charge is 0.0908 e. The molecule has 27 heavy (non-hydrogen) atoms. The Labute approximate surface area is 174 Å². The van der Waals surface area contributed by atoms with Gasteiger partial charge in [-0.25, -0.2) is 0 Å². The van der Waals surface area contributed by atoms with Crippen molar-refractivity contribution in [3.8, 4) is 0 Å². The van der Waals surface area contributed by atoms with Crippen LogP contribution in [-0.2, 0) is 0 Å². The molecule has 0 aromatic rings. The average Bonchev–Trinajstić information content (AvgIpc) is 2.50. The van der Waals surface area contributed by atoms with Crippen molar-refractivity contribution in [2.45, 2.75) is 116 Å². The number of rotatable bonds is 11. The van der Waals surface area contributed by atoms with Crippen LogP contribution < -0.4 is 0 Å². The Morgan fingerprint density at radius 3 is 1.59 bits per heavy atom. The van der Waals surface area contributed by atoms with Gasteiger partial charge in [0.1, 0.15) is 0 Å². The zero-order valence-corrected chi connectivity index (χ0v) is 21.4. The summed E-state index contributed by atoms with van der Waals surface area (Å²) in [6, 6.07) is 0. The van der Waals surface area contributed by atoms with Crippen molar-refractivity contribution in [1.82, 2.24) is 0 Å². The Kier molecular flexibility index (Phi) is 11.1. The molecule has 0 aromatic carbocycles. The van der Waals surface area contributed by atoms with Crippen molar-refractivity contribution in [3.63, 3.8) is 0 Å². The summed E-state index contributed by atoms with van der Waals surface area (Å²) in [5.41, 5.74) is 0.780. The van der Waals surface area contributed by atoms with E-state index in [0.29, 0.717) is 10.8 Å². The summed E-state index contributed by atoms with van der Waals surface area (Å²) < 4.78 is 0. The molecule has 0 saturated heterocycles. The van der Waals surface area contributed by atoms with Gasteiger partial charge in [-0.3, -0.25) is 0 Å². The van der Waals surface area contributed by atoms with Crippen LogP contribution in [0.5, 0.6) is 0 Å². The first-order chi connectivity index (χ1) is 12.2. The van der Waals surface area contributed by atoms with Crippen LogP contribution >= 0.6 is 0 Å². The summed E-state index contributed by atoms with van der Waals surface area (Å²) in [5.74, 6) is 5.53. The molecule has 0 nitrogen and oxygen atoms in total. The lowest BCUT2D eigenvalue weighted by Gasteiger charge is -2.47. The minimum atomic E-state index is 0.363. The lowest BCUT2D eigenvalue weighted by atomic mass is 9.57. The van der Waals surface area contributed by atoms with Crippen LogP contribution in [0.1, 0.15) is 116 Å². The fraction of sp³-hybridized carbons (Fsp3) is 0.963. The molecule has 0 aliphatic rings. The van der Waals surface area contributed by atoms with Crippen LogP contribution in [0.15, 0.2) is 0 Å². The third-order valence-corrected chi connectivity index (χ3v) is 7.29. The highest BCUT2D eigenvalue weighted by Gasteiger charge is 2.43. The van der Waals surface area contributed by atoms with Crippen molar-refractivity contribution >= 4 is 0 Å². The second kappa shape index (κ2) is 11.2. The maximum atomic E-state index is 2.61. The minimum absolute atomic E-state index is 0.363. The quantitative estimate of drug-likeness (QED) is 0.314. The molecule has 0 bridgehead atoms. The van der Waals surface area contributed by atoms with Gasteiger partial charge in [-0.1, -0.05) is 95.9 Å². The summed E-state index contributed by atoms with van der Waals surface area (Å²) in [6.07, 6.45) is 7.65. The first kappa shape index (κ1) is 26.9. The van der Waals surface area contributed by atoms with Gasteiger partial charge >= 0.3 is 0 Å². The molecular formula is C27H55+. The summed E-state index contributed by atoms with van der Waals surface area (Å²) in [6.45, 7) is 31.9. The molecule has 0 aromatic heterocycles. The molecule has 0 saturated carbocycles. The highest BCUT2D eigenvalue weighted by atomic mass is 14.5. The Hall–Kier alpha value is -0.130. The third-order valence-electron chi connectivity index (χ3n) is 7.29. The topological polar surface area (TPSA) is 0 Å². The molecule has 162 valence electrons. The smallest absolute Gasteiger partial charge is 0.0651 e. The highest BCUT2D eigenvalue weighted by molar-refractivity contribution is 4.92. The van der Waals surface area contributed by atoms with Gasteiger partial charge in [0, 0.05) is 5.92 Å². The average molecular weight is 380 g/mol. The highest BCUT2D eigenvalue weighted by Crippen LogP contribution is 2.49. The van der Waals surface area contributed by atoms with Crippen LogP contribution in [-0.4, -0.2) is 0 Å². The van der Waals surface area contributed by atoms with Crippen LogP contribution in [0, 0.1) is 58.7 Å². The molecule has 0 aliphatic carbocycles. The fourth-order valence-electron chi connectivity index (χ4n) is 6.07. The molecule has 0 fully saturated rings. The van der Waals surface area contributed by atoms with E-state index in [-0.39, 0.29) is 0 Å². The lowest BCUT2D eigenvalue weighted by Crippen LogP contribution is -2.42. The summed E-state index contributed by atoms with van der Waals surface area (Å²) in [5, 5.41) is 0. The van der Waals surface area contributed by atoms with E-state index in [1.807, 2.05) is 0 Å². The van der Waals surface area contributed by atoms with Gasteiger partial charge in [0.25, 0.3) is 0 Å². The van der Waals surface area contributed by atoms with E-state index < -0.39 is 0 Å². The fourth-order valence-corrected chi connectivity index (χ4v) is 6.07. The molecule has 0 amide bonds. The molecule has 6 atom stereocenters. The predicted molar refractivity (Wildman–Crippen MR) is 126 cm³/mol. The van der Waals surface area contributed by atoms with Gasteiger partial charge in [0.15, 0.2) is 0 Å². The molecular weight excluding hydrogens is 324 g/mol. The Morgan fingerprint density at radius 2 is 1.30 bits per heavy atom. The van der Waals surface area contributed by atoms with Crippen molar-refractivity contribution < 1.29 is 0 Å². The van der Waals surface area contributed by atoms with Crippen LogP contribution in [0.4, 0.5) is 0 Å². The molecule has 6 unspecified atom stereocenters. The van der Waals surface area contributed by atoms with E-state index in [0.717, 1.165) is 41.4 Å². The van der Waals surface area contributed by atoms with Crippen molar-refractivity contribution in [3.05, 3.63) is 6.42 Å². The maximum Gasteiger partial charge on any atom is 0.0908 e. The van der Waals surface area contributed by atoms with E-state index in [4.69, 9.17) is 0 Å². The SMILES string of the molecule is C[CH+]CC(C(C(C)CC)C(C)C(C(C)C)C(CC)CC(C)(C)C)C(C)(C)C. The van der Waals surface area contributed by atoms with Crippen LogP contribution in [0.25, 0.3) is 0 Å². The Morgan fingerprint density at radius 1 is 0.778 bits per heavy atom. The van der Waals surface area contributed by atoms with E-state index in [1.54, 1.807) is 0 Å². The number of hydrogen-bond donors (Lipinski definition) is 0. The minimum Gasteiger partial charge on any atom is -0.0651 e. The van der Waals surface area contributed by atoms with E-state index in [1.165, 1.54) is 25.7 Å². The Bertz CT molecular complexity index is 378. The second-order valence-corrected chi connectivity index (χ2v) is 12.2. The van der Waals surface area contributed by atoms with Crippen molar-refractivity contribution in [1.29, 1.82) is 0 Å².